The number of carboxylic acids is 1. The highest BCUT2D eigenvalue weighted by Gasteiger charge is 2.31. The Hall–Kier alpha value is -4.13. The van der Waals surface area contributed by atoms with Gasteiger partial charge in [0.05, 0.1) is 11.3 Å². The number of hydrogen-bond acceptors (Lipinski definition) is 3. The van der Waals surface area contributed by atoms with Crippen LogP contribution in [0.1, 0.15) is 59.2 Å². The van der Waals surface area contributed by atoms with Crippen molar-refractivity contribution >= 4 is 46.1 Å². The molecule has 0 radical (unpaired) electrons. The molecule has 1 fully saturated rings. The molecule has 0 spiro atoms. The number of amides is 3. The second-order valence-electron chi connectivity index (χ2n) is 9.75. The van der Waals surface area contributed by atoms with Crippen LogP contribution in [0, 0.1) is 19.8 Å². The lowest BCUT2D eigenvalue weighted by Crippen LogP contribution is -2.46. The van der Waals surface area contributed by atoms with E-state index < -0.39 is 23.9 Å². The fourth-order valence-electron chi connectivity index (χ4n) is 5.18. The van der Waals surface area contributed by atoms with Crippen molar-refractivity contribution in [3.05, 3.63) is 77.4 Å². The topological polar surface area (TPSA) is 108 Å². The predicted molar refractivity (Wildman–Crippen MR) is 148 cm³/mol. The molecule has 7 heteroatoms. The zero-order chi connectivity index (χ0) is 26.5. The summed E-state index contributed by atoms with van der Waals surface area (Å²) >= 11 is 0. The SMILES string of the molecule is C=Cc1cc(C)c(NC(=O)Nc2cc3ccccc3cc2C(=O)NC(C(=O)O)C2CCCCC2)c(C)c1. The Morgan fingerprint density at radius 3 is 2.16 bits per heavy atom. The van der Waals surface area contributed by atoms with Crippen molar-refractivity contribution in [1.82, 2.24) is 5.32 Å². The van der Waals surface area contributed by atoms with Gasteiger partial charge < -0.3 is 21.1 Å². The fourth-order valence-corrected chi connectivity index (χ4v) is 5.18. The van der Waals surface area contributed by atoms with E-state index in [0.29, 0.717) is 11.4 Å². The molecule has 4 N–H and O–H groups in total. The average molecular weight is 500 g/mol. The first-order valence-electron chi connectivity index (χ1n) is 12.6. The van der Waals surface area contributed by atoms with Crippen LogP contribution >= 0.6 is 0 Å². The third kappa shape index (κ3) is 6.00. The molecular weight excluding hydrogens is 466 g/mol. The van der Waals surface area contributed by atoms with Crippen LogP contribution in [0.2, 0.25) is 0 Å². The number of carbonyl (C=O) groups excluding carboxylic acids is 2. The van der Waals surface area contributed by atoms with E-state index in [1.165, 1.54) is 0 Å². The zero-order valence-electron chi connectivity index (χ0n) is 21.3. The second kappa shape index (κ2) is 11.3. The number of aryl methyl sites for hydroxylation is 2. The van der Waals surface area contributed by atoms with Crippen molar-refractivity contribution in [2.45, 2.75) is 52.0 Å². The van der Waals surface area contributed by atoms with Crippen molar-refractivity contribution in [2.24, 2.45) is 5.92 Å². The lowest BCUT2D eigenvalue weighted by Gasteiger charge is -2.28. The molecule has 1 aliphatic carbocycles. The molecule has 37 heavy (non-hydrogen) atoms. The quantitative estimate of drug-likeness (QED) is 0.297. The molecule has 3 aromatic rings. The van der Waals surface area contributed by atoms with Crippen molar-refractivity contribution in [2.75, 3.05) is 10.6 Å². The Balaban J connectivity index is 1.62. The minimum atomic E-state index is -1.04. The van der Waals surface area contributed by atoms with E-state index in [-0.39, 0.29) is 11.5 Å². The molecule has 1 unspecified atom stereocenters. The molecule has 0 heterocycles. The summed E-state index contributed by atoms with van der Waals surface area (Å²) in [5.41, 5.74) is 3.93. The van der Waals surface area contributed by atoms with Crippen molar-refractivity contribution in [3.8, 4) is 0 Å². The molecule has 4 rings (SSSR count). The molecule has 192 valence electrons. The van der Waals surface area contributed by atoms with E-state index in [0.717, 1.165) is 59.6 Å². The first-order valence-corrected chi connectivity index (χ1v) is 12.6. The summed E-state index contributed by atoms with van der Waals surface area (Å²) < 4.78 is 0. The van der Waals surface area contributed by atoms with Crippen LogP contribution in [0.25, 0.3) is 16.8 Å². The largest absolute Gasteiger partial charge is 0.480 e. The van der Waals surface area contributed by atoms with Crippen LogP contribution in [0.3, 0.4) is 0 Å². The lowest BCUT2D eigenvalue weighted by atomic mass is 9.83. The second-order valence-corrected chi connectivity index (χ2v) is 9.75. The van der Waals surface area contributed by atoms with Gasteiger partial charge >= 0.3 is 12.0 Å². The first-order chi connectivity index (χ1) is 17.8. The number of carboxylic acid groups (broad SMARTS) is 1. The molecule has 3 aromatic carbocycles. The van der Waals surface area contributed by atoms with E-state index in [1.54, 1.807) is 18.2 Å². The predicted octanol–water partition coefficient (Wildman–Crippen LogP) is 6.51. The number of hydrogen-bond donors (Lipinski definition) is 4. The zero-order valence-corrected chi connectivity index (χ0v) is 21.3. The summed E-state index contributed by atoms with van der Waals surface area (Å²) in [6.45, 7) is 7.61. The summed E-state index contributed by atoms with van der Waals surface area (Å²) in [5.74, 6) is -1.68. The van der Waals surface area contributed by atoms with Gasteiger partial charge in [0.2, 0.25) is 0 Å². The molecule has 0 saturated heterocycles. The summed E-state index contributed by atoms with van der Waals surface area (Å²) in [6, 6.07) is 13.3. The Morgan fingerprint density at radius 1 is 0.946 bits per heavy atom. The van der Waals surface area contributed by atoms with Gasteiger partial charge in [-0.2, -0.15) is 0 Å². The van der Waals surface area contributed by atoms with Gasteiger partial charge in [0.25, 0.3) is 5.91 Å². The Labute approximate surface area is 217 Å². The van der Waals surface area contributed by atoms with Gasteiger partial charge in [-0.1, -0.05) is 56.2 Å². The third-order valence-corrected chi connectivity index (χ3v) is 7.08. The molecule has 3 amide bonds. The average Bonchev–Trinajstić information content (AvgIpc) is 2.89. The monoisotopic (exact) mass is 499 g/mol. The van der Waals surface area contributed by atoms with Crippen molar-refractivity contribution in [1.29, 1.82) is 0 Å². The van der Waals surface area contributed by atoms with Gasteiger partial charge in [0.15, 0.2) is 0 Å². The van der Waals surface area contributed by atoms with Crippen LogP contribution in [-0.2, 0) is 4.79 Å². The number of aliphatic carboxylic acids is 1. The fraction of sp³-hybridized carbons (Fsp3) is 0.300. The molecular formula is C30H33N3O4. The number of nitrogens with one attached hydrogen (secondary N) is 3. The molecule has 1 atom stereocenters. The van der Waals surface area contributed by atoms with Gasteiger partial charge in [0, 0.05) is 5.69 Å². The number of fused-ring (bicyclic) bond motifs is 1. The van der Waals surface area contributed by atoms with Gasteiger partial charge in [-0.15, -0.1) is 0 Å². The highest BCUT2D eigenvalue weighted by Crippen LogP contribution is 2.29. The van der Waals surface area contributed by atoms with Crippen molar-refractivity contribution < 1.29 is 19.5 Å². The van der Waals surface area contributed by atoms with E-state index in [9.17, 15) is 19.5 Å². The summed E-state index contributed by atoms with van der Waals surface area (Å²) in [6.07, 6.45) is 6.29. The van der Waals surface area contributed by atoms with Gasteiger partial charge in [0.1, 0.15) is 6.04 Å². The summed E-state index contributed by atoms with van der Waals surface area (Å²) in [7, 11) is 0. The number of anilines is 2. The van der Waals surface area contributed by atoms with Crippen LogP contribution in [-0.4, -0.2) is 29.1 Å². The Kier molecular flexibility index (Phi) is 7.92. The maximum Gasteiger partial charge on any atom is 0.326 e. The van der Waals surface area contributed by atoms with E-state index >= 15 is 0 Å². The third-order valence-electron chi connectivity index (χ3n) is 7.08. The molecule has 7 nitrogen and oxygen atoms in total. The van der Waals surface area contributed by atoms with Gasteiger partial charge in [-0.3, -0.25) is 4.79 Å². The van der Waals surface area contributed by atoms with Crippen LogP contribution < -0.4 is 16.0 Å². The van der Waals surface area contributed by atoms with E-state index in [4.69, 9.17) is 0 Å². The van der Waals surface area contributed by atoms with E-state index in [2.05, 4.69) is 22.5 Å². The van der Waals surface area contributed by atoms with Crippen LogP contribution in [0.4, 0.5) is 16.2 Å². The van der Waals surface area contributed by atoms with Gasteiger partial charge in [-0.05, 0) is 84.3 Å². The number of rotatable bonds is 7. The van der Waals surface area contributed by atoms with Crippen molar-refractivity contribution in [3.63, 3.8) is 0 Å². The minimum absolute atomic E-state index is 0.111. The van der Waals surface area contributed by atoms with Crippen LogP contribution in [0.5, 0.6) is 0 Å². The lowest BCUT2D eigenvalue weighted by molar-refractivity contribution is -0.141. The smallest absolute Gasteiger partial charge is 0.326 e. The number of benzene rings is 3. The van der Waals surface area contributed by atoms with Crippen LogP contribution in [0.15, 0.2) is 55.1 Å². The highest BCUT2D eigenvalue weighted by atomic mass is 16.4. The summed E-state index contributed by atoms with van der Waals surface area (Å²) in [5, 5.41) is 20.0. The molecule has 0 bridgehead atoms. The normalized spacial score (nSPS) is 14.5. The highest BCUT2D eigenvalue weighted by molar-refractivity contribution is 6.10. The molecule has 1 aliphatic rings. The molecule has 1 saturated carbocycles. The Bertz CT molecular complexity index is 1340. The number of urea groups is 1. The standard InChI is InChI=1S/C30H33N3O4/c1-4-20-14-18(2)26(19(3)15-20)33-30(37)31-25-17-23-13-9-8-12-22(23)16-24(25)28(34)32-27(29(35)36)21-10-6-5-7-11-21/h4,8-9,12-17,21,27H,1,5-7,10-11H2,2-3H3,(H,32,34)(H,35,36)(H2,31,33,37). The Morgan fingerprint density at radius 2 is 1.57 bits per heavy atom. The number of carbonyl (C=O) groups is 3. The van der Waals surface area contributed by atoms with E-state index in [1.807, 2.05) is 50.2 Å². The minimum Gasteiger partial charge on any atom is -0.480 e. The van der Waals surface area contributed by atoms with Gasteiger partial charge in [-0.25, -0.2) is 9.59 Å². The summed E-state index contributed by atoms with van der Waals surface area (Å²) in [4.78, 5) is 38.5. The first kappa shape index (κ1) is 25.9. The maximum absolute atomic E-state index is 13.4. The molecule has 0 aliphatic heterocycles. The molecule has 0 aromatic heterocycles. The maximum atomic E-state index is 13.4.